The van der Waals surface area contributed by atoms with Gasteiger partial charge < -0.3 is 14.6 Å². The molecule has 0 bridgehead atoms. The minimum absolute atomic E-state index is 0.154. The van der Waals surface area contributed by atoms with E-state index < -0.39 is 0 Å². The van der Waals surface area contributed by atoms with E-state index in [0.29, 0.717) is 17.8 Å². The fourth-order valence-corrected chi connectivity index (χ4v) is 1.52. The first-order valence-electron chi connectivity index (χ1n) is 5.53. The predicted octanol–water partition coefficient (Wildman–Crippen LogP) is 1.92. The van der Waals surface area contributed by atoms with Crippen molar-refractivity contribution in [2.24, 2.45) is 0 Å². The molecule has 1 aromatic carbocycles. The third-order valence-electron chi connectivity index (χ3n) is 2.46. The molecule has 0 fully saturated rings. The molecule has 0 unspecified atom stereocenters. The average Bonchev–Trinajstić information content (AvgIpc) is 2.82. The van der Waals surface area contributed by atoms with Crippen molar-refractivity contribution in [3.63, 3.8) is 0 Å². The van der Waals surface area contributed by atoms with E-state index in [9.17, 15) is 4.79 Å². The van der Waals surface area contributed by atoms with Crippen LogP contribution in [0.5, 0.6) is 5.75 Å². The van der Waals surface area contributed by atoms with Crippen LogP contribution < -0.4 is 10.1 Å². The molecule has 0 saturated carbocycles. The molecule has 94 valence electrons. The predicted molar refractivity (Wildman–Crippen MR) is 65.4 cm³/mol. The molecule has 1 amide bonds. The van der Waals surface area contributed by atoms with Crippen molar-refractivity contribution in [2.75, 3.05) is 7.11 Å². The third kappa shape index (κ3) is 2.88. The normalized spacial score (nSPS) is 10.1. The first-order chi connectivity index (χ1) is 8.69. The minimum atomic E-state index is -0.154. The maximum absolute atomic E-state index is 11.8. The molecule has 0 radical (unpaired) electrons. The summed E-state index contributed by atoms with van der Waals surface area (Å²) in [4.78, 5) is 11.8. The lowest BCUT2D eigenvalue weighted by Gasteiger charge is -2.04. The monoisotopic (exact) mass is 246 g/mol. The fraction of sp³-hybridized carbons (Fsp3) is 0.231. The number of hydrogen-bond donors (Lipinski definition) is 1. The quantitative estimate of drug-likeness (QED) is 0.895. The zero-order chi connectivity index (χ0) is 13.0. The SMILES string of the molecule is COc1ccc(C(=O)NCc2cc(C)on2)cc1. The maximum Gasteiger partial charge on any atom is 0.251 e. The Kier molecular flexibility index (Phi) is 3.62. The van der Waals surface area contributed by atoms with Crippen LogP contribution in [0.2, 0.25) is 0 Å². The van der Waals surface area contributed by atoms with E-state index >= 15 is 0 Å². The van der Waals surface area contributed by atoms with Crippen molar-refractivity contribution in [3.05, 3.63) is 47.3 Å². The summed E-state index contributed by atoms with van der Waals surface area (Å²) in [5.41, 5.74) is 1.28. The Morgan fingerprint density at radius 2 is 2.11 bits per heavy atom. The molecule has 5 heteroatoms. The van der Waals surface area contributed by atoms with Gasteiger partial charge in [-0.1, -0.05) is 5.16 Å². The van der Waals surface area contributed by atoms with Gasteiger partial charge in [-0.3, -0.25) is 4.79 Å². The Labute approximate surface area is 105 Å². The van der Waals surface area contributed by atoms with Crippen molar-refractivity contribution in [3.8, 4) is 5.75 Å². The molecule has 2 rings (SSSR count). The zero-order valence-corrected chi connectivity index (χ0v) is 10.3. The van der Waals surface area contributed by atoms with Crippen molar-refractivity contribution < 1.29 is 14.1 Å². The Morgan fingerprint density at radius 3 is 2.67 bits per heavy atom. The molecular weight excluding hydrogens is 232 g/mol. The number of benzene rings is 1. The molecule has 0 aliphatic carbocycles. The van der Waals surface area contributed by atoms with Gasteiger partial charge in [-0.2, -0.15) is 0 Å². The van der Waals surface area contributed by atoms with Gasteiger partial charge in [0.1, 0.15) is 17.2 Å². The second kappa shape index (κ2) is 5.35. The van der Waals surface area contributed by atoms with Gasteiger partial charge in [0.2, 0.25) is 0 Å². The van der Waals surface area contributed by atoms with Crippen LogP contribution in [-0.4, -0.2) is 18.2 Å². The molecular formula is C13H14N2O3. The van der Waals surface area contributed by atoms with Crippen molar-refractivity contribution in [1.29, 1.82) is 0 Å². The molecule has 0 atom stereocenters. The van der Waals surface area contributed by atoms with E-state index in [1.165, 1.54) is 0 Å². The van der Waals surface area contributed by atoms with Crippen molar-refractivity contribution >= 4 is 5.91 Å². The number of carbonyl (C=O) groups is 1. The standard InChI is InChI=1S/C13H14N2O3/c1-9-7-11(15-18-9)8-14-13(16)10-3-5-12(17-2)6-4-10/h3-7H,8H2,1-2H3,(H,14,16). The number of rotatable bonds is 4. The van der Waals surface area contributed by atoms with E-state index in [1.807, 2.05) is 6.92 Å². The van der Waals surface area contributed by atoms with Gasteiger partial charge in [-0.15, -0.1) is 0 Å². The molecule has 0 spiro atoms. The number of amides is 1. The van der Waals surface area contributed by atoms with E-state index in [4.69, 9.17) is 9.26 Å². The van der Waals surface area contributed by atoms with Gasteiger partial charge in [0.15, 0.2) is 0 Å². The molecule has 0 saturated heterocycles. The second-order valence-electron chi connectivity index (χ2n) is 3.84. The third-order valence-corrected chi connectivity index (χ3v) is 2.46. The molecule has 0 aliphatic heterocycles. The Bertz CT molecular complexity index is 531. The number of nitrogens with one attached hydrogen (secondary N) is 1. The van der Waals surface area contributed by atoms with Crippen molar-refractivity contribution in [1.82, 2.24) is 10.5 Å². The summed E-state index contributed by atoms with van der Waals surface area (Å²) in [7, 11) is 1.59. The maximum atomic E-state index is 11.8. The topological polar surface area (TPSA) is 64.4 Å². The van der Waals surface area contributed by atoms with Gasteiger partial charge >= 0.3 is 0 Å². The summed E-state index contributed by atoms with van der Waals surface area (Å²) in [6.07, 6.45) is 0. The largest absolute Gasteiger partial charge is 0.497 e. The second-order valence-corrected chi connectivity index (χ2v) is 3.84. The van der Waals surface area contributed by atoms with E-state index in [1.54, 1.807) is 37.4 Å². The van der Waals surface area contributed by atoms with Crippen LogP contribution in [0.4, 0.5) is 0 Å². The summed E-state index contributed by atoms with van der Waals surface area (Å²) in [5, 5.41) is 6.56. The summed E-state index contributed by atoms with van der Waals surface area (Å²) >= 11 is 0. The van der Waals surface area contributed by atoms with Crippen molar-refractivity contribution in [2.45, 2.75) is 13.5 Å². The first kappa shape index (κ1) is 12.2. The van der Waals surface area contributed by atoms with E-state index in [2.05, 4.69) is 10.5 Å². The van der Waals surface area contributed by atoms with Crippen LogP contribution >= 0.6 is 0 Å². The van der Waals surface area contributed by atoms with E-state index in [0.717, 1.165) is 11.5 Å². The van der Waals surface area contributed by atoms with Gasteiger partial charge in [-0.05, 0) is 31.2 Å². The molecule has 0 aliphatic rings. The van der Waals surface area contributed by atoms with Gasteiger partial charge in [0, 0.05) is 11.6 Å². The number of ether oxygens (including phenoxy) is 1. The lowest BCUT2D eigenvalue weighted by Crippen LogP contribution is -2.22. The number of carbonyl (C=O) groups excluding carboxylic acids is 1. The minimum Gasteiger partial charge on any atom is -0.497 e. The zero-order valence-electron chi connectivity index (χ0n) is 10.3. The lowest BCUT2D eigenvalue weighted by molar-refractivity contribution is 0.0950. The van der Waals surface area contributed by atoms with Crippen LogP contribution in [-0.2, 0) is 6.54 Å². The van der Waals surface area contributed by atoms with Gasteiger partial charge in [0.25, 0.3) is 5.91 Å². The molecule has 1 aromatic heterocycles. The lowest BCUT2D eigenvalue weighted by atomic mass is 10.2. The fourth-order valence-electron chi connectivity index (χ4n) is 1.52. The van der Waals surface area contributed by atoms with E-state index in [-0.39, 0.29) is 5.91 Å². The highest BCUT2D eigenvalue weighted by molar-refractivity contribution is 5.94. The Balaban J connectivity index is 1.94. The van der Waals surface area contributed by atoms with Crippen LogP contribution in [0, 0.1) is 6.92 Å². The Morgan fingerprint density at radius 1 is 1.39 bits per heavy atom. The summed E-state index contributed by atoms with van der Waals surface area (Å²) in [5.74, 6) is 1.29. The molecule has 5 nitrogen and oxygen atoms in total. The van der Waals surface area contributed by atoms with Gasteiger partial charge in [0.05, 0.1) is 13.7 Å². The summed E-state index contributed by atoms with van der Waals surface area (Å²) in [6.45, 7) is 2.16. The molecule has 2 aromatic rings. The van der Waals surface area contributed by atoms with Crippen LogP contribution in [0.25, 0.3) is 0 Å². The number of hydrogen-bond acceptors (Lipinski definition) is 4. The highest BCUT2D eigenvalue weighted by atomic mass is 16.5. The summed E-state index contributed by atoms with van der Waals surface area (Å²) < 4.78 is 9.94. The number of aromatic nitrogens is 1. The average molecular weight is 246 g/mol. The Hall–Kier alpha value is -2.30. The highest BCUT2D eigenvalue weighted by Crippen LogP contribution is 2.11. The van der Waals surface area contributed by atoms with Crippen LogP contribution in [0.15, 0.2) is 34.9 Å². The molecule has 1 N–H and O–H groups in total. The van der Waals surface area contributed by atoms with Gasteiger partial charge in [-0.25, -0.2) is 0 Å². The van der Waals surface area contributed by atoms with Crippen LogP contribution in [0.1, 0.15) is 21.8 Å². The number of methoxy groups -OCH3 is 1. The first-order valence-corrected chi connectivity index (χ1v) is 5.53. The highest BCUT2D eigenvalue weighted by Gasteiger charge is 2.07. The molecule has 18 heavy (non-hydrogen) atoms. The smallest absolute Gasteiger partial charge is 0.251 e. The number of nitrogens with zero attached hydrogens (tertiary/aromatic N) is 1. The summed E-state index contributed by atoms with van der Waals surface area (Å²) in [6, 6.07) is 8.70. The molecule has 1 heterocycles. The number of aryl methyl sites for hydroxylation is 1. The van der Waals surface area contributed by atoms with Crippen LogP contribution in [0.3, 0.4) is 0 Å².